The molecule has 0 aliphatic carbocycles. The summed E-state index contributed by atoms with van der Waals surface area (Å²) >= 11 is 0. The zero-order valence-electron chi connectivity index (χ0n) is 22.0. The number of nitrogens with one attached hydrogen (secondary N) is 2. The van der Waals surface area contributed by atoms with Gasteiger partial charge in [0.15, 0.2) is 11.5 Å². The first-order valence-electron chi connectivity index (χ1n) is 12.5. The number of hydrogen-bond acceptors (Lipinski definition) is 9. The molecule has 2 aromatic heterocycles. The van der Waals surface area contributed by atoms with Crippen molar-refractivity contribution in [3.63, 3.8) is 0 Å². The van der Waals surface area contributed by atoms with Crippen molar-refractivity contribution in [2.75, 3.05) is 37.5 Å². The van der Waals surface area contributed by atoms with Gasteiger partial charge in [-0.05, 0) is 33.4 Å². The second-order valence-electron chi connectivity index (χ2n) is 9.84. The van der Waals surface area contributed by atoms with Crippen LogP contribution in [0, 0.1) is 17.1 Å². The maximum atomic E-state index is 15.1. The number of likely N-dealkylation sites (tertiary alicyclic amines) is 1. The van der Waals surface area contributed by atoms with Crippen molar-refractivity contribution in [2.24, 2.45) is 0 Å². The van der Waals surface area contributed by atoms with Crippen molar-refractivity contribution >= 4 is 23.4 Å². The normalized spacial score (nSPS) is 16.9. The first-order chi connectivity index (χ1) is 18.2. The maximum absolute atomic E-state index is 15.1. The van der Waals surface area contributed by atoms with Gasteiger partial charge in [0.2, 0.25) is 5.95 Å². The molecule has 2 aliphatic heterocycles. The van der Waals surface area contributed by atoms with E-state index in [4.69, 9.17) is 9.72 Å². The molecule has 0 spiro atoms. The number of hydrogen-bond donors (Lipinski definition) is 2. The molecule has 1 fully saturated rings. The maximum Gasteiger partial charge on any atom is 0.254 e. The van der Waals surface area contributed by atoms with Crippen molar-refractivity contribution in [3.05, 3.63) is 47.4 Å². The number of fused-ring (bicyclic) bond motifs is 3. The average Bonchev–Trinajstić information content (AvgIpc) is 3.31. The quantitative estimate of drug-likeness (QED) is 0.484. The van der Waals surface area contributed by atoms with Crippen molar-refractivity contribution in [3.8, 4) is 17.5 Å². The lowest BCUT2D eigenvalue weighted by Gasteiger charge is -2.40. The van der Waals surface area contributed by atoms with Gasteiger partial charge < -0.3 is 25.2 Å². The van der Waals surface area contributed by atoms with Gasteiger partial charge in [0.1, 0.15) is 29.7 Å². The molecule has 12 heteroatoms. The van der Waals surface area contributed by atoms with Gasteiger partial charge in [0.05, 0.1) is 42.3 Å². The lowest BCUT2D eigenvalue weighted by molar-refractivity contribution is 0.0853. The molecule has 2 N–H and O–H groups in total. The zero-order chi connectivity index (χ0) is 27.1. The van der Waals surface area contributed by atoms with Gasteiger partial charge in [-0.3, -0.25) is 9.36 Å². The lowest BCUT2D eigenvalue weighted by Crippen LogP contribution is -2.57. The fourth-order valence-corrected chi connectivity index (χ4v) is 5.18. The third-order valence-corrected chi connectivity index (χ3v) is 6.94. The number of halogens is 1. The fourth-order valence-electron chi connectivity index (χ4n) is 5.18. The van der Waals surface area contributed by atoms with Gasteiger partial charge in [-0.2, -0.15) is 10.2 Å². The minimum atomic E-state index is -0.682. The second kappa shape index (κ2) is 9.90. The van der Waals surface area contributed by atoms with E-state index in [0.29, 0.717) is 22.9 Å². The molecule has 3 aromatic rings. The third-order valence-electron chi connectivity index (χ3n) is 6.94. The Morgan fingerprint density at radius 3 is 2.71 bits per heavy atom. The number of likely N-dealkylation sites (N-methyl/N-ethyl adjacent to an activating group) is 1. The van der Waals surface area contributed by atoms with Crippen LogP contribution in [0.4, 0.5) is 21.8 Å². The Hall–Kier alpha value is -4.24. The molecule has 2 aliphatic rings. The van der Waals surface area contributed by atoms with Crippen LogP contribution in [0.1, 0.15) is 55.0 Å². The van der Waals surface area contributed by atoms with Crippen LogP contribution in [0.3, 0.4) is 0 Å². The van der Waals surface area contributed by atoms with Gasteiger partial charge in [-0.1, -0.05) is 6.92 Å². The number of carbonyl (C=O) groups is 1. The Morgan fingerprint density at radius 2 is 2.08 bits per heavy atom. The molecule has 0 unspecified atom stereocenters. The largest absolute Gasteiger partial charge is 0.495 e. The standard InChI is InChI=1S/C26H30FN9O2/c1-6-20-23-19(9-28)30-13-35(23)21-10-29-26(33-24(21)36(20)14(2)3)32-18-8-17(27)16(7-22(18)38-5)25(37)31-15-11-34(4)12-15/h7-8,10,13-15,20H,6,11-12H2,1-5H3,(H,31,37)(H,29,32,33)/t20-/m1/s1. The molecule has 1 atom stereocenters. The molecular formula is C26H30FN9O2. The molecule has 0 bridgehead atoms. The van der Waals surface area contributed by atoms with E-state index in [0.717, 1.165) is 25.2 Å². The number of carbonyl (C=O) groups excluding carboxylic acids is 1. The third kappa shape index (κ3) is 4.28. The predicted molar refractivity (Wildman–Crippen MR) is 140 cm³/mol. The number of methoxy groups -OCH3 is 1. The summed E-state index contributed by atoms with van der Waals surface area (Å²) in [6.45, 7) is 7.63. The Balaban J connectivity index is 1.48. The Labute approximate surface area is 220 Å². The van der Waals surface area contributed by atoms with Crippen LogP contribution in [0.25, 0.3) is 5.69 Å². The van der Waals surface area contributed by atoms with E-state index in [1.165, 1.54) is 19.2 Å². The van der Waals surface area contributed by atoms with E-state index in [1.54, 1.807) is 12.5 Å². The number of aromatic nitrogens is 4. The molecule has 11 nitrogen and oxygen atoms in total. The monoisotopic (exact) mass is 519 g/mol. The molecule has 1 amide bonds. The zero-order valence-corrected chi connectivity index (χ0v) is 22.0. The summed E-state index contributed by atoms with van der Waals surface area (Å²) in [7, 11) is 3.41. The summed E-state index contributed by atoms with van der Waals surface area (Å²) in [5.74, 6) is 0.0200. The summed E-state index contributed by atoms with van der Waals surface area (Å²) in [6, 6.07) is 4.74. The number of anilines is 3. The smallest absolute Gasteiger partial charge is 0.254 e. The van der Waals surface area contributed by atoms with Crippen molar-refractivity contribution in [2.45, 2.75) is 45.3 Å². The van der Waals surface area contributed by atoms with E-state index in [9.17, 15) is 10.1 Å². The van der Waals surface area contributed by atoms with Gasteiger partial charge in [0.25, 0.3) is 5.91 Å². The molecule has 198 valence electrons. The number of ether oxygens (including phenoxy) is 1. The van der Waals surface area contributed by atoms with E-state index >= 15 is 4.39 Å². The van der Waals surface area contributed by atoms with Crippen LogP contribution in [0.15, 0.2) is 24.7 Å². The highest BCUT2D eigenvalue weighted by atomic mass is 19.1. The van der Waals surface area contributed by atoms with Gasteiger partial charge >= 0.3 is 0 Å². The lowest BCUT2D eigenvalue weighted by atomic mass is 10.0. The highest BCUT2D eigenvalue weighted by molar-refractivity contribution is 5.96. The number of amides is 1. The first kappa shape index (κ1) is 25.4. The molecule has 0 radical (unpaired) electrons. The summed E-state index contributed by atoms with van der Waals surface area (Å²) in [5.41, 5.74) is 2.09. The Morgan fingerprint density at radius 1 is 1.32 bits per heavy atom. The molecule has 38 heavy (non-hydrogen) atoms. The van der Waals surface area contributed by atoms with Gasteiger partial charge in [0, 0.05) is 25.2 Å². The predicted octanol–water partition coefficient (Wildman–Crippen LogP) is 3.15. The molecule has 1 aromatic carbocycles. The summed E-state index contributed by atoms with van der Waals surface area (Å²) in [6.07, 6.45) is 4.01. The summed E-state index contributed by atoms with van der Waals surface area (Å²) in [4.78, 5) is 30.4. The van der Waals surface area contributed by atoms with Crippen LogP contribution in [0.2, 0.25) is 0 Å². The molecular weight excluding hydrogens is 489 g/mol. The topological polar surface area (TPSA) is 124 Å². The minimum absolute atomic E-state index is 0.00399. The molecule has 5 rings (SSSR count). The number of rotatable bonds is 7. The Kier molecular flexibility index (Phi) is 6.62. The van der Waals surface area contributed by atoms with Crippen molar-refractivity contribution in [1.82, 2.24) is 29.7 Å². The Bertz CT molecular complexity index is 1420. The summed E-state index contributed by atoms with van der Waals surface area (Å²) in [5, 5.41) is 15.5. The molecule has 0 saturated carbocycles. The van der Waals surface area contributed by atoms with E-state index in [2.05, 4.69) is 57.2 Å². The average molecular weight is 520 g/mol. The number of benzene rings is 1. The molecule has 4 heterocycles. The van der Waals surface area contributed by atoms with E-state index in [1.807, 2.05) is 11.6 Å². The highest BCUT2D eigenvalue weighted by Gasteiger charge is 2.36. The van der Waals surface area contributed by atoms with Gasteiger partial charge in [-0.15, -0.1) is 0 Å². The molecule has 1 saturated heterocycles. The van der Waals surface area contributed by atoms with Crippen LogP contribution < -0.4 is 20.3 Å². The fraction of sp³-hybridized carbons (Fsp3) is 0.423. The number of imidazole rings is 1. The van der Waals surface area contributed by atoms with E-state index < -0.39 is 11.7 Å². The van der Waals surface area contributed by atoms with E-state index in [-0.39, 0.29) is 35.4 Å². The number of nitrogens with zero attached hydrogens (tertiary/aromatic N) is 7. The summed E-state index contributed by atoms with van der Waals surface area (Å²) < 4.78 is 22.4. The first-order valence-corrected chi connectivity index (χ1v) is 12.5. The number of nitriles is 1. The van der Waals surface area contributed by atoms with Crippen LogP contribution in [-0.4, -0.2) is 69.7 Å². The second-order valence-corrected chi connectivity index (χ2v) is 9.84. The van der Waals surface area contributed by atoms with Crippen LogP contribution in [0.5, 0.6) is 5.75 Å². The van der Waals surface area contributed by atoms with Crippen LogP contribution in [-0.2, 0) is 0 Å². The highest BCUT2D eigenvalue weighted by Crippen LogP contribution is 2.42. The van der Waals surface area contributed by atoms with Crippen molar-refractivity contribution in [1.29, 1.82) is 5.26 Å². The SMILES string of the molecule is CC[C@@H]1c2c(C#N)ncn2-c2cnc(Nc3cc(F)c(C(=O)NC4CN(C)C4)cc3OC)nc2N1C(C)C. The van der Waals surface area contributed by atoms with Crippen LogP contribution >= 0.6 is 0 Å². The van der Waals surface area contributed by atoms with Crippen molar-refractivity contribution < 1.29 is 13.9 Å². The van der Waals surface area contributed by atoms with Gasteiger partial charge in [-0.25, -0.2) is 14.4 Å². The minimum Gasteiger partial charge on any atom is -0.495 e.